The number of aryl methyl sites for hydroxylation is 1. The summed E-state index contributed by atoms with van der Waals surface area (Å²) in [5, 5.41) is 41.8. The molecule has 0 spiro atoms. The first-order valence-electron chi connectivity index (χ1n) is 15.2. The number of fused-ring (bicyclic) bond motifs is 2. The van der Waals surface area contributed by atoms with Crippen molar-refractivity contribution in [3.05, 3.63) is 107 Å². The Balaban J connectivity index is 1.43. The molecule has 4 aromatic carbocycles. The van der Waals surface area contributed by atoms with Crippen molar-refractivity contribution in [1.82, 2.24) is 30.0 Å². The minimum Gasteiger partial charge on any atom is -0.505 e. The lowest BCUT2D eigenvalue weighted by molar-refractivity contribution is -0.139. The lowest BCUT2D eigenvalue weighted by atomic mass is 9.84. The van der Waals surface area contributed by atoms with Gasteiger partial charge in [-0.3, -0.25) is 0 Å². The average molecular weight is 617 g/mol. The molecule has 0 saturated carbocycles. The van der Waals surface area contributed by atoms with Crippen LogP contribution in [0.5, 0.6) is 11.5 Å². The van der Waals surface area contributed by atoms with E-state index in [4.69, 9.17) is 4.74 Å². The highest BCUT2D eigenvalue weighted by Crippen LogP contribution is 2.37. The van der Waals surface area contributed by atoms with Gasteiger partial charge in [0, 0.05) is 23.1 Å². The molecule has 0 atom stereocenters. The van der Waals surface area contributed by atoms with Crippen LogP contribution in [-0.4, -0.2) is 52.8 Å². The number of aromatic nitrogens is 6. The Morgan fingerprint density at radius 1 is 0.783 bits per heavy atom. The molecule has 2 N–H and O–H groups in total. The van der Waals surface area contributed by atoms with Crippen molar-refractivity contribution < 1.29 is 19.7 Å². The molecule has 0 aliphatic carbocycles. The number of hydrogen-bond acceptors (Lipinski definition) is 8. The van der Waals surface area contributed by atoms with Gasteiger partial charge in [-0.15, -0.1) is 30.0 Å². The maximum Gasteiger partial charge on any atom is 0.333 e. The first-order valence-corrected chi connectivity index (χ1v) is 15.2. The van der Waals surface area contributed by atoms with E-state index in [0.717, 1.165) is 11.1 Å². The van der Waals surface area contributed by atoms with Gasteiger partial charge in [0.2, 0.25) is 0 Å². The summed E-state index contributed by atoms with van der Waals surface area (Å²) in [6.45, 7) is 11.8. The van der Waals surface area contributed by atoms with Gasteiger partial charge in [0.15, 0.2) is 0 Å². The molecule has 2 heterocycles. The second kappa shape index (κ2) is 12.1. The van der Waals surface area contributed by atoms with E-state index in [0.29, 0.717) is 63.0 Å². The molecule has 0 saturated heterocycles. The molecular formula is C36H36N6O4. The molecule has 0 aliphatic rings. The monoisotopic (exact) mass is 616 g/mol. The molecule has 0 aliphatic heterocycles. The third-order valence-electron chi connectivity index (χ3n) is 7.84. The van der Waals surface area contributed by atoms with Crippen molar-refractivity contribution in [2.45, 2.75) is 52.4 Å². The van der Waals surface area contributed by atoms with Gasteiger partial charge in [-0.2, -0.15) is 0 Å². The summed E-state index contributed by atoms with van der Waals surface area (Å²) in [5.74, 6) is -0.402. The lowest BCUT2D eigenvalue weighted by Crippen LogP contribution is -2.14. The van der Waals surface area contributed by atoms with Crippen molar-refractivity contribution in [3.63, 3.8) is 0 Å². The molecule has 0 unspecified atom stereocenters. The number of rotatable bonds is 9. The van der Waals surface area contributed by atoms with Gasteiger partial charge in [0.1, 0.15) is 44.9 Å². The Kier molecular flexibility index (Phi) is 8.04. The van der Waals surface area contributed by atoms with Crippen molar-refractivity contribution >= 4 is 28.0 Å². The number of nitrogens with zero attached hydrogens (tertiary/aromatic N) is 6. The third-order valence-corrected chi connectivity index (χ3v) is 7.84. The zero-order valence-electron chi connectivity index (χ0n) is 26.4. The Labute approximate surface area is 266 Å². The first-order chi connectivity index (χ1) is 22.0. The van der Waals surface area contributed by atoms with E-state index < -0.39 is 5.97 Å². The van der Waals surface area contributed by atoms with Gasteiger partial charge in [0.25, 0.3) is 0 Å². The van der Waals surface area contributed by atoms with E-state index in [1.807, 2.05) is 72.8 Å². The molecule has 6 rings (SSSR count). The minimum absolute atomic E-state index is 0.00262. The summed E-state index contributed by atoms with van der Waals surface area (Å²) in [5.41, 5.74) is 6.84. The molecule has 0 bridgehead atoms. The highest BCUT2D eigenvalue weighted by atomic mass is 16.5. The highest BCUT2D eigenvalue weighted by molar-refractivity contribution is 5.86. The smallest absolute Gasteiger partial charge is 0.333 e. The highest BCUT2D eigenvalue weighted by Gasteiger charge is 2.23. The van der Waals surface area contributed by atoms with Crippen LogP contribution in [-0.2, 0) is 27.8 Å². The number of phenols is 2. The van der Waals surface area contributed by atoms with Crippen LogP contribution >= 0.6 is 0 Å². The van der Waals surface area contributed by atoms with Gasteiger partial charge in [-0.1, -0.05) is 63.7 Å². The quantitative estimate of drug-likeness (QED) is 0.107. The summed E-state index contributed by atoms with van der Waals surface area (Å²) < 4.78 is 5.30. The summed E-state index contributed by atoms with van der Waals surface area (Å²) in [4.78, 5) is 14.8. The summed E-state index contributed by atoms with van der Waals surface area (Å²) in [6.07, 6.45) is 1.33. The Morgan fingerprint density at radius 2 is 1.26 bits per heavy atom. The van der Waals surface area contributed by atoms with Gasteiger partial charge < -0.3 is 14.9 Å². The molecule has 0 amide bonds. The molecule has 2 aromatic heterocycles. The second-order valence-corrected chi connectivity index (χ2v) is 12.5. The Morgan fingerprint density at radius 3 is 1.74 bits per heavy atom. The SMILES string of the molecule is C=C(C)C(=O)OCCCc1cc(Cc2cc(C(C)(C)C)cc(-n3nc4ccccc4n3)c2O)c(O)c(-n2nc3ccccc3n2)c1. The number of ether oxygens (including phenoxy) is 1. The van der Waals surface area contributed by atoms with Crippen LogP contribution in [0.3, 0.4) is 0 Å². The maximum absolute atomic E-state index is 11.9. The largest absolute Gasteiger partial charge is 0.505 e. The fourth-order valence-electron chi connectivity index (χ4n) is 5.28. The average Bonchev–Trinajstić information content (AvgIpc) is 3.65. The molecule has 10 heteroatoms. The van der Waals surface area contributed by atoms with Gasteiger partial charge in [-0.25, -0.2) is 4.79 Å². The van der Waals surface area contributed by atoms with Gasteiger partial charge in [0.05, 0.1) is 6.61 Å². The molecule has 0 radical (unpaired) electrons. The number of hydrogen-bond donors (Lipinski definition) is 2. The summed E-state index contributed by atoms with van der Waals surface area (Å²) in [7, 11) is 0. The predicted molar refractivity (Wildman–Crippen MR) is 177 cm³/mol. The minimum atomic E-state index is -0.427. The number of aromatic hydroxyl groups is 2. The van der Waals surface area contributed by atoms with Crippen LogP contribution in [0.4, 0.5) is 0 Å². The van der Waals surface area contributed by atoms with Crippen molar-refractivity contribution in [2.24, 2.45) is 0 Å². The summed E-state index contributed by atoms with van der Waals surface area (Å²) >= 11 is 0. The second-order valence-electron chi connectivity index (χ2n) is 12.5. The maximum atomic E-state index is 11.9. The molecular weight excluding hydrogens is 580 g/mol. The number of carbonyl (C=O) groups excluding carboxylic acids is 1. The zero-order valence-corrected chi connectivity index (χ0v) is 26.4. The molecule has 46 heavy (non-hydrogen) atoms. The molecule has 234 valence electrons. The van der Waals surface area contributed by atoms with Crippen LogP contribution in [0.25, 0.3) is 33.4 Å². The van der Waals surface area contributed by atoms with Crippen LogP contribution in [0.1, 0.15) is 56.4 Å². The third kappa shape index (κ3) is 6.19. The number of carbonyl (C=O) groups is 1. The lowest BCUT2D eigenvalue weighted by Gasteiger charge is -2.22. The van der Waals surface area contributed by atoms with Crippen molar-refractivity contribution in [1.29, 1.82) is 0 Å². The first kappa shape index (κ1) is 30.5. The number of phenolic OH excluding ortho intramolecular Hbond substituents is 2. The number of esters is 1. The standard InChI is InChI=1S/C36H36N6O4/c1-22(2)35(45)46-16-10-11-23-17-24(33(43)31(18-23)41-37-27-12-6-7-13-28(27)38-41)19-25-20-26(36(3,4)5)21-32(34(25)44)42-39-29-14-8-9-15-30(29)40-42/h6-9,12-15,17-18,20-21,43-44H,1,10-11,16,19H2,2-5H3. The van der Waals surface area contributed by atoms with E-state index in [1.54, 1.807) is 6.92 Å². The van der Waals surface area contributed by atoms with E-state index >= 15 is 0 Å². The van der Waals surface area contributed by atoms with Crippen LogP contribution in [0, 0.1) is 0 Å². The van der Waals surface area contributed by atoms with Crippen LogP contribution in [0.15, 0.2) is 84.9 Å². The van der Waals surface area contributed by atoms with E-state index in [-0.39, 0.29) is 29.9 Å². The van der Waals surface area contributed by atoms with Crippen molar-refractivity contribution in [3.8, 4) is 22.9 Å². The molecule has 6 aromatic rings. The van der Waals surface area contributed by atoms with Gasteiger partial charge in [-0.05, 0) is 72.7 Å². The fraction of sp³-hybridized carbons (Fsp3) is 0.250. The normalized spacial score (nSPS) is 11.7. The fourth-order valence-corrected chi connectivity index (χ4v) is 5.28. The predicted octanol–water partition coefficient (Wildman–Crippen LogP) is 6.51. The zero-order chi connectivity index (χ0) is 32.6. The van der Waals surface area contributed by atoms with Crippen LogP contribution < -0.4 is 0 Å². The van der Waals surface area contributed by atoms with E-state index in [1.165, 1.54) is 9.59 Å². The van der Waals surface area contributed by atoms with E-state index in [2.05, 4.69) is 47.7 Å². The van der Waals surface area contributed by atoms with Crippen LogP contribution in [0.2, 0.25) is 0 Å². The number of benzene rings is 4. The Bertz CT molecular complexity index is 2040. The molecule has 10 nitrogen and oxygen atoms in total. The van der Waals surface area contributed by atoms with Crippen molar-refractivity contribution in [2.75, 3.05) is 6.61 Å². The van der Waals surface area contributed by atoms with Gasteiger partial charge >= 0.3 is 5.97 Å². The summed E-state index contributed by atoms with van der Waals surface area (Å²) in [6, 6.07) is 22.7. The molecule has 0 fully saturated rings. The Hall–Kier alpha value is -5.51. The van der Waals surface area contributed by atoms with E-state index in [9.17, 15) is 15.0 Å². The topological polar surface area (TPSA) is 128 Å².